The van der Waals surface area contributed by atoms with Crippen LogP contribution in [0.2, 0.25) is 5.02 Å². The van der Waals surface area contributed by atoms with Crippen molar-refractivity contribution in [3.8, 4) is 5.75 Å². The van der Waals surface area contributed by atoms with Crippen LogP contribution in [-0.4, -0.2) is 17.4 Å². The molecule has 1 aromatic rings. The van der Waals surface area contributed by atoms with Crippen LogP contribution < -0.4 is 4.74 Å². The van der Waals surface area contributed by atoms with Crippen LogP contribution in [0.1, 0.15) is 56.9 Å². The Bertz CT molecular complexity index is 616. The molecule has 5 heteroatoms. The molecule has 1 heterocycles. The average Bonchev–Trinajstić information content (AvgIpc) is 3.27. The van der Waals surface area contributed by atoms with Gasteiger partial charge in [-0.15, -0.1) is 0 Å². The summed E-state index contributed by atoms with van der Waals surface area (Å²) in [4.78, 5) is 11.7. The van der Waals surface area contributed by atoms with Gasteiger partial charge in [-0.3, -0.25) is 0 Å². The molecule has 2 saturated carbocycles. The second-order valence-corrected chi connectivity index (χ2v) is 7.74. The highest BCUT2D eigenvalue weighted by Crippen LogP contribution is 2.57. The van der Waals surface area contributed by atoms with Gasteiger partial charge in [0.25, 0.3) is 6.29 Å². The monoisotopic (exact) mass is 350 g/mol. The molecule has 0 aromatic heterocycles. The van der Waals surface area contributed by atoms with E-state index in [-0.39, 0.29) is 0 Å². The molecule has 1 atom stereocenters. The molecule has 4 rings (SSSR count). The standard InChI is InChI=1S/C19H23ClO4/c20-14-9-10-16-15(11-14)19(12-5-1-2-6-12,13-7-3-4-8-13)24-18(23-16)17(21)22/h9-13,18H,1-8H2,(H,21,22). The third kappa shape index (κ3) is 2.51. The summed E-state index contributed by atoms with van der Waals surface area (Å²) in [7, 11) is 0. The predicted molar refractivity (Wildman–Crippen MR) is 90.2 cm³/mol. The minimum absolute atomic E-state index is 0.337. The molecule has 2 fully saturated rings. The number of fused-ring (bicyclic) bond motifs is 1. The van der Waals surface area contributed by atoms with Crippen molar-refractivity contribution < 1.29 is 19.4 Å². The molecule has 0 bridgehead atoms. The van der Waals surface area contributed by atoms with Crippen LogP contribution in [0, 0.1) is 11.8 Å². The number of carboxylic acids is 1. The zero-order valence-electron chi connectivity index (χ0n) is 13.7. The summed E-state index contributed by atoms with van der Waals surface area (Å²) in [6, 6.07) is 5.50. The molecule has 0 amide bonds. The smallest absolute Gasteiger partial charge is 0.373 e. The zero-order valence-corrected chi connectivity index (χ0v) is 14.4. The van der Waals surface area contributed by atoms with Crippen LogP contribution >= 0.6 is 11.6 Å². The number of rotatable bonds is 3. The van der Waals surface area contributed by atoms with Crippen LogP contribution in [0.5, 0.6) is 5.75 Å². The maximum Gasteiger partial charge on any atom is 0.373 e. The maximum atomic E-state index is 11.7. The Kier molecular flexibility index (Phi) is 4.21. The van der Waals surface area contributed by atoms with E-state index in [1.54, 1.807) is 12.1 Å². The van der Waals surface area contributed by atoms with Gasteiger partial charge in [0.1, 0.15) is 11.4 Å². The second-order valence-electron chi connectivity index (χ2n) is 7.30. The van der Waals surface area contributed by atoms with Crippen molar-refractivity contribution in [2.75, 3.05) is 0 Å². The Morgan fingerprint density at radius 2 is 1.67 bits per heavy atom. The number of carbonyl (C=O) groups is 1. The van der Waals surface area contributed by atoms with E-state index in [2.05, 4.69) is 0 Å². The highest BCUT2D eigenvalue weighted by Gasteiger charge is 2.55. The van der Waals surface area contributed by atoms with Crippen LogP contribution in [0.4, 0.5) is 0 Å². The number of ether oxygens (including phenoxy) is 2. The summed E-state index contributed by atoms with van der Waals surface area (Å²) in [5.74, 6) is 0.236. The average molecular weight is 351 g/mol. The molecule has 4 nitrogen and oxygen atoms in total. The van der Waals surface area contributed by atoms with E-state index in [4.69, 9.17) is 21.1 Å². The first-order valence-corrected chi connectivity index (χ1v) is 9.36. The third-order valence-electron chi connectivity index (χ3n) is 6.02. The number of aliphatic carboxylic acids is 1. The van der Waals surface area contributed by atoms with Gasteiger partial charge in [-0.05, 0) is 55.7 Å². The van der Waals surface area contributed by atoms with Crippen LogP contribution in [0.15, 0.2) is 18.2 Å². The van der Waals surface area contributed by atoms with Gasteiger partial charge >= 0.3 is 5.97 Å². The Morgan fingerprint density at radius 3 is 2.21 bits per heavy atom. The van der Waals surface area contributed by atoms with Crippen molar-refractivity contribution in [3.05, 3.63) is 28.8 Å². The van der Waals surface area contributed by atoms with E-state index in [9.17, 15) is 9.90 Å². The molecule has 2 aliphatic carbocycles. The molecular weight excluding hydrogens is 328 g/mol. The third-order valence-corrected chi connectivity index (χ3v) is 6.26. The minimum atomic E-state index is -1.24. The largest absolute Gasteiger partial charge is 0.477 e. The van der Waals surface area contributed by atoms with Crippen LogP contribution in [0.25, 0.3) is 0 Å². The van der Waals surface area contributed by atoms with Crippen molar-refractivity contribution in [2.45, 2.75) is 63.3 Å². The first kappa shape index (κ1) is 16.2. The molecule has 1 aromatic carbocycles. The summed E-state index contributed by atoms with van der Waals surface area (Å²) >= 11 is 6.29. The van der Waals surface area contributed by atoms with Crippen molar-refractivity contribution >= 4 is 17.6 Å². The van der Waals surface area contributed by atoms with Gasteiger partial charge in [-0.25, -0.2) is 4.79 Å². The van der Waals surface area contributed by atoms with Gasteiger partial charge in [-0.2, -0.15) is 0 Å². The second kappa shape index (κ2) is 6.23. The molecule has 24 heavy (non-hydrogen) atoms. The lowest BCUT2D eigenvalue weighted by Gasteiger charge is -2.48. The van der Waals surface area contributed by atoms with E-state index in [1.165, 1.54) is 25.7 Å². The lowest BCUT2D eigenvalue weighted by Crippen LogP contribution is -2.52. The van der Waals surface area contributed by atoms with Crippen molar-refractivity contribution in [1.82, 2.24) is 0 Å². The van der Waals surface area contributed by atoms with Gasteiger partial charge in [-0.1, -0.05) is 37.3 Å². The van der Waals surface area contributed by atoms with Crippen molar-refractivity contribution in [1.29, 1.82) is 0 Å². The lowest BCUT2D eigenvalue weighted by atomic mass is 9.69. The van der Waals surface area contributed by atoms with E-state index in [1.807, 2.05) is 6.07 Å². The van der Waals surface area contributed by atoms with Gasteiger partial charge < -0.3 is 14.6 Å². The molecule has 0 spiro atoms. The molecule has 0 saturated heterocycles. The fourth-order valence-corrected chi connectivity index (χ4v) is 5.24. The van der Waals surface area contributed by atoms with Gasteiger partial charge in [0.2, 0.25) is 0 Å². The molecular formula is C19H23ClO4. The van der Waals surface area contributed by atoms with E-state index >= 15 is 0 Å². The predicted octanol–water partition coefficient (Wildman–Crippen LogP) is 4.74. The van der Waals surface area contributed by atoms with Crippen LogP contribution in [0.3, 0.4) is 0 Å². The van der Waals surface area contributed by atoms with Gasteiger partial charge in [0, 0.05) is 10.6 Å². The number of carboxylic acid groups (broad SMARTS) is 1. The summed E-state index contributed by atoms with van der Waals surface area (Å²) < 4.78 is 11.9. The SMILES string of the molecule is O=C(O)C1Oc2ccc(Cl)cc2C(C2CCCC2)(C2CCCC2)O1. The summed E-state index contributed by atoms with van der Waals surface area (Å²) in [5.41, 5.74) is 0.389. The van der Waals surface area contributed by atoms with E-state index < -0.39 is 17.9 Å². The van der Waals surface area contributed by atoms with E-state index in [0.717, 1.165) is 31.2 Å². The van der Waals surface area contributed by atoms with Gasteiger partial charge in [0.05, 0.1) is 0 Å². The fourth-order valence-electron chi connectivity index (χ4n) is 5.07. The quantitative estimate of drug-likeness (QED) is 0.855. The highest BCUT2D eigenvalue weighted by molar-refractivity contribution is 6.30. The van der Waals surface area contributed by atoms with Crippen molar-refractivity contribution in [3.63, 3.8) is 0 Å². The normalized spacial score (nSPS) is 27.0. The van der Waals surface area contributed by atoms with Crippen LogP contribution in [-0.2, 0) is 15.1 Å². The molecule has 1 unspecified atom stereocenters. The molecule has 0 radical (unpaired) electrons. The Labute approximate surface area is 147 Å². The summed E-state index contributed by atoms with van der Waals surface area (Å²) in [6.45, 7) is 0. The molecule has 130 valence electrons. The number of halogens is 1. The lowest BCUT2D eigenvalue weighted by molar-refractivity contribution is -0.244. The Morgan fingerprint density at radius 1 is 1.08 bits per heavy atom. The first-order valence-electron chi connectivity index (χ1n) is 8.98. The maximum absolute atomic E-state index is 11.7. The molecule has 1 N–H and O–H groups in total. The number of hydrogen-bond donors (Lipinski definition) is 1. The highest BCUT2D eigenvalue weighted by atomic mass is 35.5. The minimum Gasteiger partial charge on any atom is -0.477 e. The molecule has 1 aliphatic heterocycles. The van der Waals surface area contributed by atoms with Gasteiger partial charge in [0.15, 0.2) is 0 Å². The topological polar surface area (TPSA) is 55.8 Å². The Hall–Kier alpha value is -1.26. The number of hydrogen-bond acceptors (Lipinski definition) is 3. The van der Waals surface area contributed by atoms with Crippen molar-refractivity contribution in [2.24, 2.45) is 11.8 Å². The Balaban J connectivity index is 1.88. The summed E-state index contributed by atoms with van der Waals surface area (Å²) in [5, 5.41) is 10.2. The fraction of sp³-hybridized carbons (Fsp3) is 0.632. The van der Waals surface area contributed by atoms with E-state index in [0.29, 0.717) is 22.6 Å². The number of benzene rings is 1. The zero-order chi connectivity index (χ0) is 16.7. The molecule has 3 aliphatic rings. The first-order chi connectivity index (χ1) is 11.6. The summed E-state index contributed by atoms with van der Waals surface area (Å²) in [6.07, 6.45) is 7.79.